The van der Waals surface area contributed by atoms with Crippen LogP contribution in [0, 0.1) is 3.82 Å². The number of ketones is 2. The van der Waals surface area contributed by atoms with Crippen LogP contribution in [-0.2, 0) is 9.47 Å². The Hall–Kier alpha value is -3.53. The summed E-state index contributed by atoms with van der Waals surface area (Å²) in [4.78, 5) is 53.7. The fourth-order valence-corrected chi connectivity index (χ4v) is 6.32. The summed E-state index contributed by atoms with van der Waals surface area (Å²) in [6, 6.07) is 17.0. The van der Waals surface area contributed by atoms with E-state index in [2.05, 4.69) is 0 Å². The molecular formula is C27H20O6S3. The minimum absolute atomic E-state index is 0.0163. The average Bonchev–Trinajstić information content (AvgIpc) is 3.30. The molecule has 0 aliphatic rings. The van der Waals surface area contributed by atoms with Crippen LogP contribution in [0.4, 0.5) is 0 Å². The Labute approximate surface area is 220 Å². The van der Waals surface area contributed by atoms with Gasteiger partial charge in [-0.2, -0.15) is 0 Å². The smallest absolute Gasteiger partial charge is 0.349 e. The van der Waals surface area contributed by atoms with Crippen molar-refractivity contribution in [1.29, 1.82) is 0 Å². The first-order valence-corrected chi connectivity index (χ1v) is 13.1. The first-order valence-electron chi connectivity index (χ1n) is 11.1. The van der Waals surface area contributed by atoms with Crippen molar-refractivity contribution < 1.29 is 28.7 Å². The van der Waals surface area contributed by atoms with Gasteiger partial charge >= 0.3 is 11.9 Å². The van der Waals surface area contributed by atoms with E-state index in [1.807, 2.05) is 0 Å². The highest BCUT2D eigenvalue weighted by Gasteiger charge is 2.33. The normalized spacial score (nSPS) is 10.7. The number of rotatable bonds is 8. The number of fused-ring (bicyclic) bond motifs is 1. The van der Waals surface area contributed by atoms with Crippen molar-refractivity contribution in [1.82, 2.24) is 0 Å². The molecule has 0 fully saturated rings. The highest BCUT2D eigenvalue weighted by Crippen LogP contribution is 2.41. The molecule has 4 rings (SSSR count). The van der Waals surface area contributed by atoms with Crippen LogP contribution in [0.25, 0.3) is 10.1 Å². The van der Waals surface area contributed by atoms with Crippen LogP contribution < -0.4 is 0 Å². The summed E-state index contributed by atoms with van der Waals surface area (Å²) in [5.74, 6) is -2.40. The van der Waals surface area contributed by atoms with Gasteiger partial charge in [0.25, 0.3) is 0 Å². The van der Waals surface area contributed by atoms with E-state index in [0.717, 1.165) is 22.7 Å². The van der Waals surface area contributed by atoms with Gasteiger partial charge in [0.2, 0.25) is 5.78 Å². The van der Waals surface area contributed by atoms with Crippen LogP contribution in [0.15, 0.2) is 60.7 Å². The molecule has 0 aliphatic heterocycles. The molecule has 0 N–H and O–H groups in total. The van der Waals surface area contributed by atoms with Gasteiger partial charge in [0, 0.05) is 16.5 Å². The third-order valence-corrected chi connectivity index (χ3v) is 8.09. The lowest BCUT2D eigenvalue weighted by Gasteiger charge is -2.11. The summed E-state index contributed by atoms with van der Waals surface area (Å²) in [5.41, 5.74) is 0.600. The Balaban J connectivity index is 2.14. The van der Waals surface area contributed by atoms with Gasteiger partial charge in [-0.15, -0.1) is 22.7 Å². The molecule has 0 radical (unpaired) electrons. The number of esters is 2. The molecule has 2 aromatic carbocycles. The molecule has 0 aliphatic carbocycles. The van der Waals surface area contributed by atoms with Crippen LogP contribution in [0.3, 0.4) is 0 Å². The molecule has 0 saturated carbocycles. The minimum atomic E-state index is -0.796. The molecule has 0 amide bonds. The molecule has 0 bridgehead atoms. The lowest BCUT2D eigenvalue weighted by molar-refractivity contribution is 0.0485. The van der Waals surface area contributed by atoms with E-state index in [9.17, 15) is 19.2 Å². The molecule has 0 atom stereocenters. The van der Waals surface area contributed by atoms with Gasteiger partial charge in [0.1, 0.15) is 8.70 Å². The Morgan fingerprint density at radius 2 is 1.22 bits per heavy atom. The summed E-state index contributed by atoms with van der Waals surface area (Å²) in [7, 11) is 0. The van der Waals surface area contributed by atoms with Gasteiger partial charge in [0.05, 0.1) is 33.9 Å². The van der Waals surface area contributed by atoms with Crippen molar-refractivity contribution in [3.8, 4) is 0 Å². The molecule has 2 heterocycles. The van der Waals surface area contributed by atoms with Crippen molar-refractivity contribution >= 4 is 68.5 Å². The van der Waals surface area contributed by atoms with Gasteiger partial charge in [0.15, 0.2) is 5.78 Å². The van der Waals surface area contributed by atoms with Gasteiger partial charge in [-0.3, -0.25) is 9.59 Å². The summed E-state index contributed by atoms with van der Waals surface area (Å²) in [6.07, 6.45) is 0. The third kappa shape index (κ3) is 4.77. The van der Waals surface area contributed by atoms with E-state index in [1.54, 1.807) is 74.5 Å². The van der Waals surface area contributed by atoms with Crippen LogP contribution in [-0.4, -0.2) is 36.7 Å². The maximum atomic E-state index is 13.9. The number of carbonyl (C=O) groups excluding carboxylic acids is 4. The molecule has 0 saturated heterocycles. The number of hydrogen-bond donors (Lipinski definition) is 0. The van der Waals surface area contributed by atoms with Crippen LogP contribution >= 0.6 is 34.9 Å². The monoisotopic (exact) mass is 536 g/mol. The SMILES string of the molecule is CCOC(=O)c1sc(=S)c2sc(C(=O)c3ccccc3)c(C(=O)c3ccccc3)c2c1C(=O)OCC. The summed E-state index contributed by atoms with van der Waals surface area (Å²) in [6.45, 7) is 3.41. The van der Waals surface area contributed by atoms with Crippen molar-refractivity contribution in [2.45, 2.75) is 13.8 Å². The van der Waals surface area contributed by atoms with Gasteiger partial charge in [-0.25, -0.2) is 9.59 Å². The van der Waals surface area contributed by atoms with Gasteiger partial charge in [-0.05, 0) is 13.8 Å². The quantitative estimate of drug-likeness (QED) is 0.144. The van der Waals surface area contributed by atoms with Crippen LogP contribution in [0.1, 0.15) is 65.0 Å². The van der Waals surface area contributed by atoms with Crippen LogP contribution in [0.2, 0.25) is 0 Å². The molecular weight excluding hydrogens is 516 g/mol. The third-order valence-electron chi connectivity index (χ3n) is 5.21. The number of carbonyl (C=O) groups is 4. The Kier molecular flexibility index (Phi) is 7.83. The first kappa shape index (κ1) is 25.6. The fourth-order valence-electron chi connectivity index (χ4n) is 3.69. The Morgan fingerprint density at radius 1 is 0.694 bits per heavy atom. The van der Waals surface area contributed by atoms with Crippen molar-refractivity contribution in [2.75, 3.05) is 13.2 Å². The molecule has 4 aromatic rings. The Bertz CT molecular complexity index is 1530. The van der Waals surface area contributed by atoms with Gasteiger partial charge < -0.3 is 9.47 Å². The summed E-state index contributed by atoms with van der Waals surface area (Å²) in [5, 5.41) is 0.137. The van der Waals surface area contributed by atoms with Crippen LogP contribution in [0.5, 0.6) is 0 Å². The highest BCUT2D eigenvalue weighted by molar-refractivity contribution is 7.74. The lowest BCUT2D eigenvalue weighted by atomic mass is 9.95. The first-order chi connectivity index (χ1) is 17.4. The predicted octanol–water partition coefficient (Wildman–Crippen LogP) is 6.51. The molecule has 36 heavy (non-hydrogen) atoms. The second-order valence-electron chi connectivity index (χ2n) is 7.44. The second kappa shape index (κ2) is 11.0. The standard InChI is InChI=1S/C27H20O6S3/c1-3-32-25(30)19-17-18(20(28)15-11-7-5-8-12-15)22(21(29)16-13-9-6-10-14-16)35-24(17)27(34)36-23(19)26(31)33-4-2/h5-14H,3-4H2,1-2H3. The van der Waals surface area contributed by atoms with E-state index in [4.69, 9.17) is 21.7 Å². The number of ether oxygens (including phenoxy) is 2. The second-order valence-corrected chi connectivity index (χ2v) is 10.1. The maximum Gasteiger partial charge on any atom is 0.349 e. The predicted molar refractivity (Wildman–Crippen MR) is 142 cm³/mol. The average molecular weight is 537 g/mol. The van der Waals surface area contributed by atoms with E-state index in [-0.39, 0.29) is 49.1 Å². The fraction of sp³-hybridized carbons (Fsp3) is 0.148. The zero-order valence-electron chi connectivity index (χ0n) is 19.4. The number of thiophene rings is 1. The molecule has 0 spiro atoms. The topological polar surface area (TPSA) is 86.7 Å². The molecule has 0 unspecified atom stereocenters. The lowest BCUT2D eigenvalue weighted by Crippen LogP contribution is -2.15. The van der Waals surface area contributed by atoms with Crippen molar-refractivity contribution in [2.24, 2.45) is 0 Å². The van der Waals surface area contributed by atoms with E-state index < -0.39 is 17.7 Å². The number of hydrogen-bond acceptors (Lipinski definition) is 9. The van der Waals surface area contributed by atoms with E-state index in [0.29, 0.717) is 15.8 Å². The number of benzene rings is 2. The van der Waals surface area contributed by atoms with Gasteiger partial charge in [-0.1, -0.05) is 72.9 Å². The summed E-state index contributed by atoms with van der Waals surface area (Å²) < 4.78 is 11.1. The largest absolute Gasteiger partial charge is 0.462 e. The summed E-state index contributed by atoms with van der Waals surface area (Å²) >= 11 is 7.52. The maximum absolute atomic E-state index is 13.9. The molecule has 9 heteroatoms. The molecule has 182 valence electrons. The zero-order chi connectivity index (χ0) is 25.8. The Morgan fingerprint density at radius 3 is 1.78 bits per heavy atom. The minimum Gasteiger partial charge on any atom is -0.462 e. The molecule has 6 nitrogen and oxygen atoms in total. The van der Waals surface area contributed by atoms with Crippen molar-refractivity contribution in [3.63, 3.8) is 0 Å². The van der Waals surface area contributed by atoms with E-state index >= 15 is 0 Å². The van der Waals surface area contributed by atoms with E-state index in [1.165, 1.54) is 0 Å². The highest BCUT2D eigenvalue weighted by atomic mass is 32.1. The van der Waals surface area contributed by atoms with Crippen molar-refractivity contribution in [3.05, 3.63) is 96.5 Å². The molecule has 2 aromatic heterocycles. The zero-order valence-corrected chi connectivity index (χ0v) is 21.8.